The maximum absolute atomic E-state index is 2.14. The van der Waals surface area contributed by atoms with Crippen molar-refractivity contribution in [3.8, 4) is 0 Å². The van der Waals surface area contributed by atoms with E-state index in [1.165, 1.54) is 22.3 Å². The molecule has 0 nitrogen and oxygen atoms in total. The van der Waals surface area contributed by atoms with E-state index >= 15 is 0 Å². The first kappa shape index (κ1) is 12.4. The molecule has 0 amide bonds. The predicted molar refractivity (Wildman–Crippen MR) is 89.0 cm³/mol. The molecule has 0 aliphatic heterocycles. The quantitative estimate of drug-likeness (QED) is 0.587. The van der Waals surface area contributed by atoms with E-state index in [0.717, 1.165) is 0 Å². The Bertz CT molecular complexity index is 587. The molecule has 96 valence electrons. The van der Waals surface area contributed by atoms with Crippen LogP contribution in [0.15, 0.2) is 72.8 Å². The van der Waals surface area contributed by atoms with Gasteiger partial charge in [-0.25, -0.2) is 0 Å². The number of hydrogen-bond donors (Lipinski definition) is 0. The largest absolute Gasteiger partial charge is 0.0616 e. The molecule has 2 aromatic carbocycles. The number of rotatable bonds is 0. The minimum atomic E-state index is 1.23. The van der Waals surface area contributed by atoms with Crippen LogP contribution in [-0.2, 0) is 0 Å². The van der Waals surface area contributed by atoms with Gasteiger partial charge in [-0.15, -0.1) is 0 Å². The first-order valence-corrected chi connectivity index (χ1v) is 6.81. The van der Waals surface area contributed by atoms with E-state index in [-0.39, 0.29) is 0 Å². The SMILES string of the molecule is C1=C\c2ccccc2/C=C/C=C\c2ccccc2/C=C/1. The van der Waals surface area contributed by atoms with Gasteiger partial charge in [-0.05, 0) is 22.3 Å². The number of benzene rings is 2. The molecule has 3 rings (SSSR count). The van der Waals surface area contributed by atoms with Gasteiger partial charge in [0.05, 0.1) is 0 Å². The minimum Gasteiger partial charge on any atom is -0.0616 e. The molecule has 0 saturated carbocycles. The summed E-state index contributed by atoms with van der Waals surface area (Å²) in [6.07, 6.45) is 16.9. The molecule has 0 saturated heterocycles. The Balaban J connectivity index is 2.05. The highest BCUT2D eigenvalue weighted by molar-refractivity contribution is 5.71. The fraction of sp³-hybridized carbons (Fsp3) is 0. The van der Waals surface area contributed by atoms with Crippen molar-refractivity contribution in [2.45, 2.75) is 0 Å². The molecule has 1 aliphatic rings. The Kier molecular flexibility index (Phi) is 3.75. The predicted octanol–water partition coefficient (Wildman–Crippen LogP) is 5.45. The molecule has 0 fully saturated rings. The standard InChI is InChI=1S/C20H16/c1-2-10-18-14-7-8-16-20-12-4-3-11-19(20)15-6-5-13-17(18)9-1/h1-16H/b6-5?,8-7?,13-5-,14-7+,15-6+,16-8-,17-13?,18-14?,19-15?,20-16?. The molecule has 0 aromatic heterocycles. The second-order valence-electron chi connectivity index (χ2n) is 4.69. The number of fused-ring (bicyclic) bond motifs is 2. The minimum absolute atomic E-state index is 1.23. The van der Waals surface area contributed by atoms with Crippen molar-refractivity contribution in [2.75, 3.05) is 0 Å². The molecule has 1 aliphatic carbocycles. The first-order valence-electron chi connectivity index (χ1n) is 6.81. The molecule has 0 N–H and O–H groups in total. The van der Waals surface area contributed by atoms with Gasteiger partial charge in [0.15, 0.2) is 0 Å². The van der Waals surface area contributed by atoms with E-state index in [1.807, 2.05) is 0 Å². The van der Waals surface area contributed by atoms with Crippen LogP contribution in [0.3, 0.4) is 0 Å². The molecule has 0 heteroatoms. The van der Waals surface area contributed by atoms with E-state index < -0.39 is 0 Å². The van der Waals surface area contributed by atoms with Crippen LogP contribution in [0.5, 0.6) is 0 Å². The highest BCUT2D eigenvalue weighted by Gasteiger charge is 1.95. The Morgan fingerprint density at radius 3 is 0.850 bits per heavy atom. The zero-order chi connectivity index (χ0) is 13.6. The van der Waals surface area contributed by atoms with Crippen molar-refractivity contribution in [1.29, 1.82) is 0 Å². The summed E-state index contributed by atoms with van der Waals surface area (Å²) in [7, 11) is 0. The zero-order valence-electron chi connectivity index (χ0n) is 11.2. The maximum Gasteiger partial charge on any atom is -0.0184 e. The van der Waals surface area contributed by atoms with E-state index in [9.17, 15) is 0 Å². The first-order chi connectivity index (χ1) is 9.93. The second kappa shape index (κ2) is 6.03. The van der Waals surface area contributed by atoms with Crippen LogP contribution in [0.2, 0.25) is 0 Å². The van der Waals surface area contributed by atoms with Gasteiger partial charge >= 0.3 is 0 Å². The van der Waals surface area contributed by atoms with Gasteiger partial charge < -0.3 is 0 Å². The van der Waals surface area contributed by atoms with Gasteiger partial charge in [-0.3, -0.25) is 0 Å². The third-order valence-electron chi connectivity index (χ3n) is 3.32. The molecule has 0 unspecified atom stereocenters. The van der Waals surface area contributed by atoms with Crippen LogP contribution in [0.25, 0.3) is 24.3 Å². The Morgan fingerprint density at radius 2 is 0.600 bits per heavy atom. The fourth-order valence-corrected chi connectivity index (χ4v) is 2.27. The third kappa shape index (κ3) is 2.86. The van der Waals surface area contributed by atoms with Crippen LogP contribution >= 0.6 is 0 Å². The van der Waals surface area contributed by atoms with Gasteiger partial charge in [0, 0.05) is 0 Å². The van der Waals surface area contributed by atoms with Crippen LogP contribution in [-0.4, -0.2) is 0 Å². The van der Waals surface area contributed by atoms with Crippen molar-refractivity contribution in [2.24, 2.45) is 0 Å². The van der Waals surface area contributed by atoms with Crippen LogP contribution in [0.4, 0.5) is 0 Å². The molecular weight excluding hydrogens is 240 g/mol. The van der Waals surface area contributed by atoms with E-state index in [4.69, 9.17) is 0 Å². The van der Waals surface area contributed by atoms with Crippen LogP contribution in [0, 0.1) is 0 Å². The summed E-state index contributed by atoms with van der Waals surface area (Å²) < 4.78 is 0. The van der Waals surface area contributed by atoms with Gasteiger partial charge in [-0.1, -0.05) is 97.1 Å². The monoisotopic (exact) mass is 256 g/mol. The Labute approximate surface area is 120 Å². The van der Waals surface area contributed by atoms with Crippen LogP contribution < -0.4 is 0 Å². The smallest absolute Gasteiger partial charge is 0.0184 e. The lowest BCUT2D eigenvalue weighted by Crippen LogP contribution is -1.81. The lowest BCUT2D eigenvalue weighted by atomic mass is 10.0. The normalized spacial score (nSPS) is 19.6. The number of hydrogen-bond acceptors (Lipinski definition) is 0. The molecule has 20 heavy (non-hydrogen) atoms. The highest BCUT2D eigenvalue weighted by Crippen LogP contribution is 2.16. The van der Waals surface area contributed by atoms with Gasteiger partial charge in [0.25, 0.3) is 0 Å². The van der Waals surface area contributed by atoms with Crippen molar-refractivity contribution >= 4 is 24.3 Å². The molecule has 2 aromatic rings. The topological polar surface area (TPSA) is 0 Å². The average Bonchev–Trinajstić information content (AvgIpc) is 2.49. The van der Waals surface area contributed by atoms with Crippen molar-refractivity contribution < 1.29 is 0 Å². The van der Waals surface area contributed by atoms with Crippen LogP contribution in [0.1, 0.15) is 22.3 Å². The summed E-state index contributed by atoms with van der Waals surface area (Å²) in [5.74, 6) is 0. The summed E-state index contributed by atoms with van der Waals surface area (Å²) in [6, 6.07) is 16.8. The zero-order valence-corrected chi connectivity index (χ0v) is 11.2. The summed E-state index contributed by atoms with van der Waals surface area (Å²) >= 11 is 0. The molecule has 0 heterocycles. The van der Waals surface area contributed by atoms with E-state index in [1.54, 1.807) is 0 Å². The molecule has 0 atom stereocenters. The molecule has 0 bridgehead atoms. The fourth-order valence-electron chi connectivity index (χ4n) is 2.27. The average molecular weight is 256 g/mol. The van der Waals surface area contributed by atoms with E-state index in [2.05, 4.69) is 97.1 Å². The van der Waals surface area contributed by atoms with Crippen molar-refractivity contribution in [1.82, 2.24) is 0 Å². The van der Waals surface area contributed by atoms with Crippen molar-refractivity contribution in [3.63, 3.8) is 0 Å². The van der Waals surface area contributed by atoms with E-state index in [0.29, 0.717) is 0 Å². The summed E-state index contributed by atoms with van der Waals surface area (Å²) in [5, 5.41) is 0. The Morgan fingerprint density at radius 1 is 0.350 bits per heavy atom. The summed E-state index contributed by atoms with van der Waals surface area (Å²) in [5.41, 5.74) is 4.93. The lowest BCUT2D eigenvalue weighted by Gasteiger charge is -2.01. The van der Waals surface area contributed by atoms with Crippen molar-refractivity contribution in [3.05, 3.63) is 95.1 Å². The molecular formula is C20H16. The molecule has 0 spiro atoms. The maximum atomic E-state index is 2.14. The third-order valence-corrected chi connectivity index (χ3v) is 3.32. The summed E-state index contributed by atoms with van der Waals surface area (Å²) in [4.78, 5) is 0. The highest BCUT2D eigenvalue weighted by atomic mass is 14.0. The lowest BCUT2D eigenvalue weighted by molar-refractivity contribution is 1.60. The molecule has 0 radical (unpaired) electrons. The number of allylic oxidation sites excluding steroid dienone is 4. The van der Waals surface area contributed by atoms with Gasteiger partial charge in [-0.2, -0.15) is 0 Å². The van der Waals surface area contributed by atoms with Gasteiger partial charge in [0.2, 0.25) is 0 Å². The van der Waals surface area contributed by atoms with Gasteiger partial charge in [0.1, 0.15) is 0 Å². The summed E-state index contributed by atoms with van der Waals surface area (Å²) in [6.45, 7) is 0. The Hall–Kier alpha value is -2.60. The second-order valence-corrected chi connectivity index (χ2v) is 4.69.